The molecule has 0 unspecified atom stereocenters. The molecule has 0 aliphatic heterocycles. The second-order valence-electron chi connectivity index (χ2n) is 7.58. The zero-order chi connectivity index (χ0) is 23.0. The van der Waals surface area contributed by atoms with Crippen LogP contribution in [-0.2, 0) is 0 Å². The van der Waals surface area contributed by atoms with Crippen LogP contribution in [0.4, 0.5) is 4.39 Å². The number of hydrogen-bond acceptors (Lipinski definition) is 4. The molecule has 0 saturated carbocycles. The first-order valence-electron chi connectivity index (χ1n) is 10.1. The van der Waals surface area contributed by atoms with Crippen molar-refractivity contribution in [2.45, 2.75) is 27.7 Å². The highest BCUT2D eigenvalue weighted by molar-refractivity contribution is 6.06. The van der Waals surface area contributed by atoms with Crippen LogP contribution in [0.25, 0.3) is 16.7 Å². The first-order chi connectivity index (χ1) is 15.3. The van der Waals surface area contributed by atoms with Crippen molar-refractivity contribution in [1.29, 1.82) is 0 Å². The number of rotatable bonds is 3. The molecule has 2 aromatic carbocycles. The Kier molecular flexibility index (Phi) is 5.44. The molecule has 7 nitrogen and oxygen atoms in total. The number of carbonyl (C=O) groups excluding carboxylic acids is 2. The average molecular weight is 431 g/mol. The first kappa shape index (κ1) is 21.2. The predicted molar refractivity (Wildman–Crippen MR) is 119 cm³/mol. The maximum Gasteiger partial charge on any atom is 0.272 e. The van der Waals surface area contributed by atoms with Crippen LogP contribution in [0.2, 0.25) is 0 Å². The molecule has 4 rings (SSSR count). The summed E-state index contributed by atoms with van der Waals surface area (Å²) in [6.07, 6.45) is 0. The average Bonchev–Trinajstić information content (AvgIpc) is 3.07. The summed E-state index contributed by atoms with van der Waals surface area (Å²) in [7, 11) is 0. The lowest BCUT2D eigenvalue weighted by atomic mass is 10.1. The van der Waals surface area contributed by atoms with E-state index >= 15 is 0 Å². The summed E-state index contributed by atoms with van der Waals surface area (Å²) in [6, 6.07) is 13.7. The quantitative estimate of drug-likeness (QED) is 0.482. The van der Waals surface area contributed by atoms with Crippen LogP contribution in [0.1, 0.15) is 43.5 Å². The second-order valence-corrected chi connectivity index (χ2v) is 7.58. The van der Waals surface area contributed by atoms with Crippen molar-refractivity contribution >= 4 is 22.8 Å². The van der Waals surface area contributed by atoms with E-state index in [9.17, 15) is 14.0 Å². The summed E-state index contributed by atoms with van der Waals surface area (Å²) >= 11 is 0. The van der Waals surface area contributed by atoms with Crippen LogP contribution in [0.15, 0.2) is 48.5 Å². The van der Waals surface area contributed by atoms with Gasteiger partial charge in [0.2, 0.25) is 0 Å². The molecule has 0 radical (unpaired) electrons. The molecule has 32 heavy (non-hydrogen) atoms. The smallest absolute Gasteiger partial charge is 0.272 e. The Morgan fingerprint density at radius 3 is 2.16 bits per heavy atom. The van der Waals surface area contributed by atoms with E-state index in [1.165, 1.54) is 6.07 Å². The van der Waals surface area contributed by atoms with E-state index in [0.29, 0.717) is 17.0 Å². The topological polar surface area (TPSA) is 88.9 Å². The van der Waals surface area contributed by atoms with E-state index in [4.69, 9.17) is 0 Å². The van der Waals surface area contributed by atoms with Crippen LogP contribution in [0, 0.1) is 33.5 Å². The number of nitrogens with one attached hydrogen (secondary N) is 2. The molecule has 0 aliphatic carbocycles. The van der Waals surface area contributed by atoms with Gasteiger partial charge in [0.05, 0.1) is 28.0 Å². The maximum atomic E-state index is 14.1. The molecular weight excluding hydrogens is 409 g/mol. The number of hydrogen-bond donors (Lipinski definition) is 2. The first-order valence-corrected chi connectivity index (χ1v) is 10.1. The number of halogens is 1. The molecule has 2 amide bonds. The number of hydrazine groups is 1. The number of para-hydroxylation sites is 1. The molecule has 0 saturated heterocycles. The number of nitrogens with zero attached hydrogens (tertiary/aromatic N) is 3. The van der Waals surface area contributed by atoms with Crippen LogP contribution < -0.4 is 10.9 Å². The molecule has 8 heteroatoms. The Bertz CT molecular complexity index is 1360. The van der Waals surface area contributed by atoms with Gasteiger partial charge in [-0.1, -0.05) is 18.2 Å². The van der Waals surface area contributed by atoms with Crippen molar-refractivity contribution in [1.82, 2.24) is 25.4 Å². The predicted octanol–water partition coefficient (Wildman–Crippen LogP) is 3.87. The lowest BCUT2D eigenvalue weighted by Crippen LogP contribution is -2.42. The zero-order valence-corrected chi connectivity index (χ0v) is 18.2. The number of aryl methyl sites for hydroxylation is 3. The third kappa shape index (κ3) is 3.82. The van der Waals surface area contributed by atoms with Gasteiger partial charge in [0.1, 0.15) is 11.3 Å². The fraction of sp³-hybridized carbons (Fsp3) is 0.167. The molecule has 2 N–H and O–H groups in total. The van der Waals surface area contributed by atoms with Crippen molar-refractivity contribution in [2.24, 2.45) is 0 Å². The number of benzene rings is 2. The fourth-order valence-corrected chi connectivity index (χ4v) is 3.69. The molecule has 0 atom stereocenters. The van der Waals surface area contributed by atoms with Crippen molar-refractivity contribution in [2.75, 3.05) is 0 Å². The van der Waals surface area contributed by atoms with Gasteiger partial charge < -0.3 is 4.57 Å². The monoisotopic (exact) mass is 431 g/mol. The van der Waals surface area contributed by atoms with Crippen molar-refractivity contribution in [3.63, 3.8) is 0 Å². The molecule has 0 fully saturated rings. The molecule has 2 heterocycles. The lowest BCUT2D eigenvalue weighted by molar-refractivity contribution is 0.0847. The summed E-state index contributed by atoms with van der Waals surface area (Å²) in [5.74, 6) is -1.78. The Hall–Kier alpha value is -4.07. The minimum Gasteiger partial charge on any atom is -0.318 e. The fourth-order valence-electron chi connectivity index (χ4n) is 3.69. The number of fused-ring (bicyclic) bond motifs is 1. The van der Waals surface area contributed by atoms with E-state index in [-0.39, 0.29) is 16.6 Å². The van der Waals surface area contributed by atoms with Crippen molar-refractivity contribution in [3.05, 3.63) is 88.3 Å². The Morgan fingerprint density at radius 2 is 1.47 bits per heavy atom. The minimum absolute atomic E-state index is 0.00865. The van der Waals surface area contributed by atoms with Crippen molar-refractivity contribution < 1.29 is 14.0 Å². The lowest BCUT2D eigenvalue weighted by Gasteiger charge is -2.11. The van der Waals surface area contributed by atoms with Gasteiger partial charge in [-0.2, -0.15) is 0 Å². The van der Waals surface area contributed by atoms with Crippen LogP contribution in [0.3, 0.4) is 0 Å². The van der Waals surface area contributed by atoms with Gasteiger partial charge in [-0.15, -0.1) is 0 Å². The highest BCUT2D eigenvalue weighted by Gasteiger charge is 2.19. The van der Waals surface area contributed by atoms with E-state index in [1.807, 2.05) is 48.7 Å². The van der Waals surface area contributed by atoms with Gasteiger partial charge in [-0.25, -0.2) is 14.4 Å². The molecule has 0 aliphatic rings. The third-order valence-electron chi connectivity index (χ3n) is 5.37. The van der Waals surface area contributed by atoms with Crippen molar-refractivity contribution in [3.8, 4) is 5.69 Å². The van der Waals surface area contributed by atoms with Gasteiger partial charge in [-0.3, -0.25) is 20.4 Å². The normalized spacial score (nSPS) is 10.9. The zero-order valence-electron chi connectivity index (χ0n) is 18.2. The summed E-state index contributed by atoms with van der Waals surface area (Å²) < 4.78 is 16.0. The summed E-state index contributed by atoms with van der Waals surface area (Å²) in [6.45, 7) is 7.25. The van der Waals surface area contributed by atoms with Crippen LogP contribution >= 0.6 is 0 Å². The van der Waals surface area contributed by atoms with E-state index < -0.39 is 17.6 Å². The molecular formula is C24H22FN5O2. The Balaban J connectivity index is 1.58. The summed E-state index contributed by atoms with van der Waals surface area (Å²) in [5.41, 5.74) is 9.56. The van der Waals surface area contributed by atoms with Crippen LogP contribution in [0.5, 0.6) is 0 Å². The third-order valence-corrected chi connectivity index (χ3v) is 5.37. The molecule has 0 bridgehead atoms. The SMILES string of the molecule is Cc1nc2cc(F)cc(C(=O)NNC(=O)c3cc(C)n(-c4ccccc4)c3C)c2nc1C. The van der Waals surface area contributed by atoms with Gasteiger partial charge in [-0.05, 0) is 52.0 Å². The molecule has 4 aromatic rings. The number of amides is 2. The van der Waals surface area contributed by atoms with E-state index in [1.54, 1.807) is 19.9 Å². The highest BCUT2D eigenvalue weighted by Crippen LogP contribution is 2.21. The largest absolute Gasteiger partial charge is 0.318 e. The summed E-state index contributed by atoms with van der Waals surface area (Å²) in [4.78, 5) is 34.2. The van der Waals surface area contributed by atoms with Gasteiger partial charge in [0, 0.05) is 23.1 Å². The molecule has 2 aromatic heterocycles. The number of carbonyl (C=O) groups is 2. The van der Waals surface area contributed by atoms with E-state index in [0.717, 1.165) is 23.1 Å². The standard InChI is InChI=1S/C24H22FN5O2/c1-13-10-19(16(4)30(13)18-8-6-5-7-9-18)23(31)28-29-24(32)20-11-17(25)12-21-22(20)27-15(3)14(2)26-21/h5-12H,1-4H3,(H,28,31)(H,29,32). The highest BCUT2D eigenvalue weighted by atomic mass is 19.1. The molecule has 162 valence electrons. The summed E-state index contributed by atoms with van der Waals surface area (Å²) in [5, 5.41) is 0. The second kappa shape index (κ2) is 8.22. The maximum absolute atomic E-state index is 14.1. The van der Waals surface area contributed by atoms with Gasteiger partial charge in [0.15, 0.2) is 0 Å². The minimum atomic E-state index is -0.683. The van der Waals surface area contributed by atoms with Gasteiger partial charge >= 0.3 is 0 Å². The molecule has 0 spiro atoms. The van der Waals surface area contributed by atoms with E-state index in [2.05, 4.69) is 20.8 Å². The van der Waals surface area contributed by atoms with Gasteiger partial charge in [0.25, 0.3) is 11.8 Å². The Labute approximate surface area is 184 Å². The van der Waals surface area contributed by atoms with Crippen LogP contribution in [-0.4, -0.2) is 26.3 Å². The Morgan fingerprint density at radius 1 is 0.844 bits per heavy atom. The number of aromatic nitrogens is 3.